The Morgan fingerprint density at radius 3 is 2.57 bits per heavy atom. The third kappa shape index (κ3) is 1.99. The Morgan fingerprint density at radius 1 is 1.21 bits per heavy atom. The quantitative estimate of drug-likeness (QED) is 0.718. The molecule has 0 bridgehead atoms. The van der Waals surface area contributed by atoms with Crippen molar-refractivity contribution in [3.63, 3.8) is 0 Å². The van der Waals surface area contributed by atoms with Crippen molar-refractivity contribution in [3.05, 3.63) is 36.5 Å². The molecule has 0 spiro atoms. The van der Waals surface area contributed by atoms with Crippen LogP contribution < -0.4 is 0 Å². The van der Waals surface area contributed by atoms with E-state index in [0.717, 1.165) is 17.1 Å². The van der Waals surface area contributed by atoms with E-state index in [9.17, 15) is 0 Å². The molecule has 0 N–H and O–H groups in total. The summed E-state index contributed by atoms with van der Waals surface area (Å²) < 4.78 is 5.06. The van der Waals surface area contributed by atoms with Crippen LogP contribution in [-0.4, -0.2) is 10.9 Å². The summed E-state index contributed by atoms with van der Waals surface area (Å²) in [6.45, 7) is 2.15. The molecular formula is C11H11NOS. The average molecular weight is 205 g/mol. The van der Waals surface area contributed by atoms with E-state index in [1.54, 1.807) is 6.20 Å². The minimum atomic E-state index is 0.818. The van der Waals surface area contributed by atoms with Crippen LogP contribution in [0.4, 0.5) is 0 Å². The third-order valence-electron chi connectivity index (χ3n) is 1.89. The fraction of sp³-hybridized carbons (Fsp3) is 0.182. The van der Waals surface area contributed by atoms with Gasteiger partial charge in [0.05, 0.1) is 6.20 Å². The van der Waals surface area contributed by atoms with Crippen molar-refractivity contribution in [1.29, 1.82) is 0 Å². The molecule has 0 amide bonds. The van der Waals surface area contributed by atoms with Crippen molar-refractivity contribution in [1.82, 2.24) is 5.16 Å². The summed E-state index contributed by atoms with van der Waals surface area (Å²) in [7, 11) is 0. The molecule has 0 atom stereocenters. The monoisotopic (exact) mass is 205 g/mol. The molecule has 0 radical (unpaired) electrons. The topological polar surface area (TPSA) is 26.0 Å². The maximum Gasteiger partial charge on any atom is 0.166 e. The molecule has 0 fully saturated rings. The predicted molar refractivity (Wildman–Crippen MR) is 58.3 cm³/mol. The molecule has 0 saturated heterocycles. The first-order chi connectivity index (χ1) is 6.90. The van der Waals surface area contributed by atoms with Gasteiger partial charge in [-0.3, -0.25) is 0 Å². The number of benzene rings is 1. The second kappa shape index (κ2) is 4.33. The number of nitrogens with zero attached hydrogens (tertiary/aromatic N) is 1. The second-order valence-electron chi connectivity index (χ2n) is 2.83. The number of rotatable bonds is 3. The maximum absolute atomic E-state index is 5.06. The van der Waals surface area contributed by atoms with Gasteiger partial charge in [0.25, 0.3) is 0 Å². The predicted octanol–water partition coefficient (Wildman–Crippen LogP) is 3.45. The number of thioether (sulfide) groups is 1. The van der Waals surface area contributed by atoms with Gasteiger partial charge in [-0.15, -0.1) is 11.8 Å². The molecule has 2 aromatic rings. The molecule has 72 valence electrons. The Bertz CT molecular complexity index is 380. The van der Waals surface area contributed by atoms with Gasteiger partial charge in [-0.25, -0.2) is 0 Å². The van der Waals surface area contributed by atoms with Crippen molar-refractivity contribution in [2.75, 3.05) is 5.75 Å². The first kappa shape index (κ1) is 9.34. The highest BCUT2D eigenvalue weighted by atomic mass is 32.2. The Labute approximate surface area is 87.3 Å². The minimum Gasteiger partial charge on any atom is -0.356 e. The highest BCUT2D eigenvalue weighted by Crippen LogP contribution is 2.23. The third-order valence-corrected chi connectivity index (χ3v) is 2.78. The molecule has 0 unspecified atom stereocenters. The Balaban J connectivity index is 2.22. The highest BCUT2D eigenvalue weighted by molar-refractivity contribution is 7.99. The summed E-state index contributed by atoms with van der Waals surface area (Å²) in [5.74, 6) is 1.92. The zero-order valence-electron chi connectivity index (χ0n) is 7.93. The standard InChI is InChI=1S/C11H11NOS/c1-2-14-10-5-3-9(4-6-10)11-7-8-12-13-11/h3-8H,2H2,1H3. The van der Waals surface area contributed by atoms with Gasteiger partial charge < -0.3 is 4.52 Å². The number of hydrogen-bond donors (Lipinski definition) is 0. The van der Waals surface area contributed by atoms with Crippen LogP contribution in [0.2, 0.25) is 0 Å². The molecule has 0 aliphatic rings. The van der Waals surface area contributed by atoms with Crippen LogP contribution in [-0.2, 0) is 0 Å². The van der Waals surface area contributed by atoms with Gasteiger partial charge in [-0.2, -0.15) is 0 Å². The van der Waals surface area contributed by atoms with Gasteiger partial charge in [0.15, 0.2) is 5.76 Å². The van der Waals surface area contributed by atoms with E-state index in [1.165, 1.54) is 4.90 Å². The molecule has 2 rings (SSSR count). The van der Waals surface area contributed by atoms with Crippen molar-refractivity contribution >= 4 is 11.8 Å². The van der Waals surface area contributed by atoms with Crippen LogP contribution in [0.1, 0.15) is 6.92 Å². The maximum atomic E-state index is 5.06. The van der Waals surface area contributed by atoms with Crippen molar-refractivity contribution in [3.8, 4) is 11.3 Å². The average Bonchev–Trinajstić information content (AvgIpc) is 2.72. The number of aromatic nitrogens is 1. The summed E-state index contributed by atoms with van der Waals surface area (Å²) in [5.41, 5.74) is 1.07. The molecule has 1 aromatic carbocycles. The Hall–Kier alpha value is -1.22. The Morgan fingerprint density at radius 2 is 2.00 bits per heavy atom. The van der Waals surface area contributed by atoms with Crippen LogP contribution in [0, 0.1) is 0 Å². The molecule has 14 heavy (non-hydrogen) atoms. The normalized spacial score (nSPS) is 10.4. The van der Waals surface area contributed by atoms with Gasteiger partial charge >= 0.3 is 0 Å². The van der Waals surface area contributed by atoms with Crippen LogP contribution in [0.3, 0.4) is 0 Å². The molecule has 2 nitrogen and oxygen atoms in total. The fourth-order valence-corrected chi connectivity index (χ4v) is 1.91. The lowest BCUT2D eigenvalue weighted by molar-refractivity contribution is 0.432. The van der Waals surface area contributed by atoms with Crippen molar-refractivity contribution in [2.45, 2.75) is 11.8 Å². The largest absolute Gasteiger partial charge is 0.356 e. The molecule has 0 aliphatic heterocycles. The smallest absolute Gasteiger partial charge is 0.166 e. The fourth-order valence-electron chi connectivity index (χ4n) is 1.25. The molecule has 1 heterocycles. The second-order valence-corrected chi connectivity index (χ2v) is 4.17. The molecular weight excluding hydrogens is 194 g/mol. The van der Waals surface area contributed by atoms with Crippen molar-refractivity contribution < 1.29 is 4.52 Å². The summed E-state index contributed by atoms with van der Waals surface area (Å²) in [5, 5.41) is 3.68. The van der Waals surface area contributed by atoms with Gasteiger partial charge in [-0.1, -0.05) is 24.2 Å². The zero-order valence-corrected chi connectivity index (χ0v) is 8.75. The van der Waals surface area contributed by atoms with Gasteiger partial charge in [0.2, 0.25) is 0 Å². The van der Waals surface area contributed by atoms with E-state index in [0.29, 0.717) is 0 Å². The lowest BCUT2D eigenvalue weighted by atomic mass is 10.2. The Kier molecular flexibility index (Phi) is 2.89. The molecule has 1 aromatic heterocycles. The first-order valence-electron chi connectivity index (χ1n) is 4.54. The van der Waals surface area contributed by atoms with Crippen LogP contribution >= 0.6 is 11.8 Å². The summed E-state index contributed by atoms with van der Waals surface area (Å²) in [4.78, 5) is 1.29. The zero-order chi connectivity index (χ0) is 9.80. The SMILES string of the molecule is CCSc1ccc(-c2ccno2)cc1. The van der Waals surface area contributed by atoms with Crippen molar-refractivity contribution in [2.24, 2.45) is 0 Å². The molecule has 3 heteroatoms. The lowest BCUT2D eigenvalue weighted by Gasteiger charge is -1.99. The van der Waals surface area contributed by atoms with E-state index in [2.05, 4.69) is 36.3 Å². The summed E-state index contributed by atoms with van der Waals surface area (Å²) in [6, 6.07) is 10.2. The van der Waals surface area contributed by atoms with E-state index < -0.39 is 0 Å². The van der Waals surface area contributed by atoms with Gasteiger partial charge in [0, 0.05) is 16.5 Å². The van der Waals surface area contributed by atoms with E-state index in [4.69, 9.17) is 4.52 Å². The van der Waals surface area contributed by atoms with E-state index in [-0.39, 0.29) is 0 Å². The summed E-state index contributed by atoms with van der Waals surface area (Å²) >= 11 is 1.83. The van der Waals surface area contributed by atoms with E-state index in [1.807, 2.05) is 17.8 Å². The molecule has 0 aliphatic carbocycles. The lowest BCUT2D eigenvalue weighted by Crippen LogP contribution is -1.75. The first-order valence-corrected chi connectivity index (χ1v) is 5.52. The number of hydrogen-bond acceptors (Lipinski definition) is 3. The molecule has 0 saturated carbocycles. The minimum absolute atomic E-state index is 0.818. The summed E-state index contributed by atoms with van der Waals surface area (Å²) in [6.07, 6.45) is 1.66. The van der Waals surface area contributed by atoms with Crippen LogP contribution in [0.15, 0.2) is 45.9 Å². The van der Waals surface area contributed by atoms with Gasteiger partial charge in [-0.05, 0) is 17.9 Å². The van der Waals surface area contributed by atoms with E-state index >= 15 is 0 Å². The highest BCUT2D eigenvalue weighted by Gasteiger charge is 2.00. The van der Waals surface area contributed by atoms with Crippen LogP contribution in [0.5, 0.6) is 0 Å². The van der Waals surface area contributed by atoms with Crippen LogP contribution in [0.25, 0.3) is 11.3 Å². The van der Waals surface area contributed by atoms with Gasteiger partial charge in [0.1, 0.15) is 0 Å².